The average Bonchev–Trinajstić information content (AvgIpc) is 2.80. The molecule has 1 aliphatic rings. The van der Waals surface area contributed by atoms with Crippen LogP contribution in [0.2, 0.25) is 0 Å². The number of nitrogens with one attached hydrogen (secondary N) is 1. The van der Waals surface area contributed by atoms with Crippen LogP contribution in [0, 0.1) is 5.92 Å². The predicted octanol–water partition coefficient (Wildman–Crippen LogP) is 2.28. The van der Waals surface area contributed by atoms with Gasteiger partial charge in [0, 0.05) is 24.7 Å². The second-order valence-electron chi connectivity index (χ2n) is 8.88. The van der Waals surface area contributed by atoms with E-state index in [4.69, 9.17) is 9.47 Å². The Hall–Kier alpha value is -2.82. The lowest BCUT2D eigenvalue weighted by atomic mass is 9.99. The number of aliphatic hydroxyl groups is 1. The molecular weight excluding hydrogens is 458 g/mol. The number of rotatable bonds is 8. The molecule has 3 atom stereocenters. The molecule has 9 nitrogen and oxygen atoms in total. The van der Waals surface area contributed by atoms with Crippen LogP contribution >= 0.6 is 0 Å². The highest BCUT2D eigenvalue weighted by atomic mass is 32.2. The summed E-state index contributed by atoms with van der Waals surface area (Å²) in [7, 11) is 1.52. The summed E-state index contributed by atoms with van der Waals surface area (Å²) in [6.45, 7) is 4.66. The topological polar surface area (TPSA) is 108 Å². The summed E-state index contributed by atoms with van der Waals surface area (Å²) in [5.41, 5.74) is 0.479. The molecule has 1 amide bonds. The van der Waals surface area contributed by atoms with E-state index in [0.29, 0.717) is 24.6 Å². The first kappa shape index (κ1) is 25.8. The molecule has 0 aliphatic carbocycles. The summed E-state index contributed by atoms with van der Waals surface area (Å²) in [5, 5.41) is 9.75. The zero-order valence-corrected chi connectivity index (χ0v) is 21.0. The van der Waals surface area contributed by atoms with Gasteiger partial charge < -0.3 is 24.4 Å². The van der Waals surface area contributed by atoms with Gasteiger partial charge in [0.1, 0.15) is 17.6 Å². The lowest BCUT2D eigenvalue weighted by Crippen LogP contribution is -2.49. The summed E-state index contributed by atoms with van der Waals surface area (Å²) in [4.78, 5) is 17.2. The Morgan fingerprint density at radius 2 is 1.91 bits per heavy atom. The van der Waals surface area contributed by atoms with Gasteiger partial charge in [0.25, 0.3) is 15.9 Å². The van der Waals surface area contributed by atoms with Gasteiger partial charge in [-0.2, -0.15) is 0 Å². The van der Waals surface area contributed by atoms with Gasteiger partial charge in [-0.15, -0.1) is 0 Å². The standard InChI is InChI=1S/C24H33N3O6S/c1-16-13-27(17(2)15-28)24(29)21-12-18(6-11-22(21)33-23(16)14-26(3)4)25-34(30,31)20-9-7-19(32-5)8-10-20/h6-12,16-17,23,25,28H,13-15H2,1-5H3/t16-,17+,23+/m1/s1. The van der Waals surface area contributed by atoms with Gasteiger partial charge >= 0.3 is 0 Å². The van der Waals surface area contributed by atoms with Crippen molar-refractivity contribution in [3.05, 3.63) is 48.0 Å². The number of methoxy groups -OCH3 is 1. The van der Waals surface area contributed by atoms with Crippen molar-refractivity contribution in [2.75, 3.05) is 45.6 Å². The number of nitrogens with zero attached hydrogens (tertiary/aromatic N) is 2. The molecule has 3 rings (SSSR count). The van der Waals surface area contributed by atoms with E-state index in [-0.39, 0.29) is 40.7 Å². The molecule has 2 N–H and O–H groups in total. The fourth-order valence-corrected chi connectivity index (χ4v) is 4.88. The second-order valence-corrected chi connectivity index (χ2v) is 10.6. The van der Waals surface area contributed by atoms with E-state index in [1.807, 2.05) is 25.9 Å². The Kier molecular flexibility index (Phi) is 8.06. The van der Waals surface area contributed by atoms with E-state index < -0.39 is 16.1 Å². The zero-order chi connectivity index (χ0) is 25.0. The van der Waals surface area contributed by atoms with Crippen LogP contribution in [0.5, 0.6) is 11.5 Å². The van der Waals surface area contributed by atoms with Crippen LogP contribution in [0.15, 0.2) is 47.4 Å². The van der Waals surface area contributed by atoms with Crippen molar-refractivity contribution >= 4 is 21.6 Å². The fraction of sp³-hybridized carbons (Fsp3) is 0.458. The quantitative estimate of drug-likeness (QED) is 0.583. The summed E-state index contributed by atoms with van der Waals surface area (Å²) < 4.78 is 39.6. The Morgan fingerprint density at radius 3 is 2.50 bits per heavy atom. The second kappa shape index (κ2) is 10.6. The lowest BCUT2D eigenvalue weighted by molar-refractivity contribution is 0.0363. The van der Waals surface area contributed by atoms with Crippen molar-refractivity contribution in [1.82, 2.24) is 9.80 Å². The zero-order valence-electron chi connectivity index (χ0n) is 20.2. The number of hydrogen-bond acceptors (Lipinski definition) is 7. The van der Waals surface area contributed by atoms with Gasteiger partial charge in [0.15, 0.2) is 0 Å². The maximum Gasteiger partial charge on any atom is 0.261 e. The van der Waals surface area contributed by atoms with Crippen LogP contribution in [-0.2, 0) is 10.0 Å². The highest BCUT2D eigenvalue weighted by Gasteiger charge is 2.33. The maximum atomic E-state index is 13.5. The Labute approximate surface area is 201 Å². The van der Waals surface area contributed by atoms with Crippen LogP contribution in [0.25, 0.3) is 0 Å². The molecule has 0 unspecified atom stereocenters. The number of fused-ring (bicyclic) bond motifs is 1. The Morgan fingerprint density at radius 1 is 1.24 bits per heavy atom. The van der Waals surface area contributed by atoms with Crippen molar-refractivity contribution < 1.29 is 27.8 Å². The van der Waals surface area contributed by atoms with Gasteiger partial charge in [-0.1, -0.05) is 6.92 Å². The number of hydrogen-bond donors (Lipinski definition) is 2. The van der Waals surface area contributed by atoms with Crippen molar-refractivity contribution in [2.45, 2.75) is 30.9 Å². The summed E-state index contributed by atoms with van der Waals surface area (Å²) in [6, 6.07) is 10.3. The molecule has 0 saturated carbocycles. The molecule has 1 heterocycles. The summed E-state index contributed by atoms with van der Waals surface area (Å²) in [6.07, 6.45) is -0.197. The maximum absolute atomic E-state index is 13.5. The largest absolute Gasteiger partial charge is 0.497 e. The molecule has 0 aromatic heterocycles. The number of amides is 1. The number of sulfonamides is 1. The van der Waals surface area contributed by atoms with Crippen LogP contribution in [0.3, 0.4) is 0 Å². The van der Waals surface area contributed by atoms with Crippen molar-refractivity contribution in [2.24, 2.45) is 5.92 Å². The van der Waals surface area contributed by atoms with Gasteiger partial charge in [-0.25, -0.2) is 8.42 Å². The molecule has 2 aromatic rings. The lowest BCUT2D eigenvalue weighted by Gasteiger charge is -2.37. The minimum atomic E-state index is -3.89. The van der Waals surface area contributed by atoms with Gasteiger partial charge in [-0.05, 0) is 63.5 Å². The third kappa shape index (κ3) is 5.81. The molecule has 0 bridgehead atoms. The van der Waals surface area contributed by atoms with Crippen molar-refractivity contribution in [3.8, 4) is 11.5 Å². The first-order chi connectivity index (χ1) is 16.1. The first-order valence-corrected chi connectivity index (χ1v) is 12.6. The van der Waals surface area contributed by atoms with Gasteiger partial charge in [0.2, 0.25) is 0 Å². The van der Waals surface area contributed by atoms with Crippen molar-refractivity contribution in [3.63, 3.8) is 0 Å². The van der Waals surface area contributed by atoms with Gasteiger partial charge in [-0.3, -0.25) is 9.52 Å². The Balaban J connectivity index is 1.98. The normalized spacial score (nSPS) is 19.6. The highest BCUT2D eigenvalue weighted by molar-refractivity contribution is 7.92. The van der Waals surface area contributed by atoms with E-state index >= 15 is 0 Å². The Bertz CT molecular complexity index is 1100. The number of likely N-dealkylation sites (N-methyl/N-ethyl adjacent to an activating group) is 1. The monoisotopic (exact) mass is 491 g/mol. The van der Waals surface area contributed by atoms with Crippen LogP contribution in [0.4, 0.5) is 5.69 Å². The molecule has 34 heavy (non-hydrogen) atoms. The smallest absolute Gasteiger partial charge is 0.261 e. The first-order valence-electron chi connectivity index (χ1n) is 11.1. The molecule has 10 heteroatoms. The third-order valence-corrected chi connectivity index (χ3v) is 7.23. The minimum absolute atomic E-state index is 0.0155. The van der Waals surface area contributed by atoms with E-state index in [1.54, 1.807) is 36.1 Å². The minimum Gasteiger partial charge on any atom is -0.497 e. The summed E-state index contributed by atoms with van der Waals surface area (Å²) in [5.74, 6) is 0.618. The van der Waals surface area contributed by atoms with E-state index in [0.717, 1.165) is 0 Å². The number of ether oxygens (including phenoxy) is 2. The molecule has 186 valence electrons. The molecule has 0 radical (unpaired) electrons. The molecule has 0 saturated heterocycles. The van der Waals surface area contributed by atoms with Crippen LogP contribution in [-0.4, -0.2) is 82.3 Å². The molecular formula is C24H33N3O6S. The fourth-order valence-electron chi connectivity index (χ4n) is 3.83. The average molecular weight is 492 g/mol. The van der Waals surface area contributed by atoms with E-state index in [2.05, 4.69) is 4.72 Å². The molecule has 1 aliphatic heterocycles. The van der Waals surface area contributed by atoms with Crippen LogP contribution < -0.4 is 14.2 Å². The van der Waals surface area contributed by atoms with Gasteiger partial charge in [0.05, 0.1) is 30.2 Å². The molecule has 2 aromatic carbocycles. The molecule has 0 fully saturated rings. The SMILES string of the molecule is COc1ccc(S(=O)(=O)Nc2ccc3c(c2)C(=O)N([C@@H](C)CO)C[C@@H](C)[C@H](CN(C)C)O3)cc1. The number of carbonyl (C=O) groups excluding carboxylic acids is 1. The summed E-state index contributed by atoms with van der Waals surface area (Å²) >= 11 is 0. The van der Waals surface area contributed by atoms with Crippen molar-refractivity contribution in [1.29, 1.82) is 0 Å². The van der Waals surface area contributed by atoms with E-state index in [9.17, 15) is 18.3 Å². The number of aliphatic hydroxyl groups excluding tert-OH is 1. The highest BCUT2D eigenvalue weighted by Crippen LogP contribution is 2.31. The predicted molar refractivity (Wildman–Crippen MR) is 130 cm³/mol. The number of benzene rings is 2. The number of carbonyl (C=O) groups is 1. The molecule has 0 spiro atoms. The van der Waals surface area contributed by atoms with Crippen LogP contribution in [0.1, 0.15) is 24.2 Å². The number of anilines is 1. The third-order valence-electron chi connectivity index (χ3n) is 5.83. The van der Waals surface area contributed by atoms with E-state index in [1.165, 1.54) is 25.3 Å².